The SMILES string of the molecule is Cc1ccc(-c2nn(Cc3ccccc3)cc2/C=C/C(=O)O[C@@H](C)C#N)cc1. The van der Waals surface area contributed by atoms with Crippen LogP contribution in [0.1, 0.15) is 23.6 Å². The first-order valence-corrected chi connectivity index (χ1v) is 9.02. The van der Waals surface area contributed by atoms with E-state index in [0.717, 1.165) is 22.4 Å². The molecule has 0 aliphatic rings. The van der Waals surface area contributed by atoms with E-state index in [4.69, 9.17) is 15.1 Å². The molecule has 3 aromatic rings. The second-order valence-corrected chi connectivity index (χ2v) is 6.52. The van der Waals surface area contributed by atoms with Crippen LogP contribution in [0, 0.1) is 18.3 Å². The number of ether oxygens (including phenoxy) is 1. The molecule has 0 spiro atoms. The number of carbonyl (C=O) groups is 1. The number of nitrogens with zero attached hydrogens (tertiary/aromatic N) is 3. The van der Waals surface area contributed by atoms with Gasteiger partial charge in [-0.15, -0.1) is 0 Å². The van der Waals surface area contributed by atoms with Crippen LogP contribution in [-0.2, 0) is 16.1 Å². The molecule has 0 N–H and O–H groups in total. The van der Waals surface area contributed by atoms with Crippen molar-refractivity contribution in [2.45, 2.75) is 26.5 Å². The number of aromatic nitrogens is 2. The number of hydrogen-bond donors (Lipinski definition) is 0. The van der Waals surface area contributed by atoms with Gasteiger partial charge in [0.1, 0.15) is 6.07 Å². The smallest absolute Gasteiger partial charge is 0.332 e. The molecule has 1 aromatic heterocycles. The Morgan fingerprint density at radius 1 is 1.21 bits per heavy atom. The summed E-state index contributed by atoms with van der Waals surface area (Å²) in [6.07, 6.45) is 4.13. The molecule has 28 heavy (non-hydrogen) atoms. The summed E-state index contributed by atoms with van der Waals surface area (Å²) in [5.74, 6) is -0.556. The molecule has 5 nitrogen and oxygen atoms in total. The molecule has 0 saturated carbocycles. The second-order valence-electron chi connectivity index (χ2n) is 6.52. The molecule has 3 rings (SSSR count). The van der Waals surface area contributed by atoms with E-state index in [-0.39, 0.29) is 0 Å². The minimum atomic E-state index is -0.783. The Hall–Kier alpha value is -3.65. The Kier molecular flexibility index (Phi) is 6.03. The summed E-state index contributed by atoms with van der Waals surface area (Å²) in [6.45, 7) is 4.19. The van der Waals surface area contributed by atoms with Gasteiger partial charge in [-0.3, -0.25) is 4.68 Å². The fourth-order valence-corrected chi connectivity index (χ4v) is 2.74. The van der Waals surface area contributed by atoms with E-state index in [1.807, 2.05) is 78.5 Å². The third-order valence-corrected chi connectivity index (χ3v) is 4.18. The minimum absolute atomic E-state index is 0.556. The van der Waals surface area contributed by atoms with Crippen LogP contribution >= 0.6 is 0 Å². The van der Waals surface area contributed by atoms with E-state index >= 15 is 0 Å². The molecule has 1 heterocycles. The van der Waals surface area contributed by atoms with Gasteiger partial charge in [-0.1, -0.05) is 60.2 Å². The summed E-state index contributed by atoms with van der Waals surface area (Å²) in [6, 6.07) is 20.0. The van der Waals surface area contributed by atoms with Crippen molar-refractivity contribution in [2.24, 2.45) is 0 Å². The maximum absolute atomic E-state index is 11.9. The largest absolute Gasteiger partial charge is 0.444 e. The zero-order valence-electron chi connectivity index (χ0n) is 15.9. The third kappa shape index (κ3) is 4.95. The topological polar surface area (TPSA) is 67.9 Å². The molecular formula is C23H21N3O2. The number of rotatable bonds is 6. The number of aryl methyl sites for hydroxylation is 1. The predicted octanol–water partition coefficient (Wildman–Crippen LogP) is 4.38. The van der Waals surface area contributed by atoms with E-state index in [1.165, 1.54) is 18.6 Å². The fraction of sp³-hybridized carbons (Fsp3) is 0.174. The van der Waals surface area contributed by atoms with Gasteiger partial charge in [0, 0.05) is 23.4 Å². The van der Waals surface area contributed by atoms with Crippen molar-refractivity contribution in [3.63, 3.8) is 0 Å². The molecule has 0 radical (unpaired) electrons. The van der Waals surface area contributed by atoms with Gasteiger partial charge in [0.2, 0.25) is 0 Å². The summed E-state index contributed by atoms with van der Waals surface area (Å²) < 4.78 is 6.83. The zero-order valence-corrected chi connectivity index (χ0v) is 15.9. The quantitative estimate of drug-likeness (QED) is 0.476. The predicted molar refractivity (Wildman–Crippen MR) is 108 cm³/mol. The van der Waals surface area contributed by atoms with E-state index in [0.29, 0.717) is 6.54 Å². The second kappa shape index (κ2) is 8.83. The van der Waals surface area contributed by atoms with Crippen molar-refractivity contribution in [3.05, 3.63) is 83.6 Å². The van der Waals surface area contributed by atoms with Crippen molar-refractivity contribution in [1.82, 2.24) is 9.78 Å². The molecule has 140 valence electrons. The average molecular weight is 371 g/mol. The lowest BCUT2D eigenvalue weighted by molar-refractivity contribution is -0.139. The van der Waals surface area contributed by atoms with Crippen molar-refractivity contribution in [1.29, 1.82) is 5.26 Å². The van der Waals surface area contributed by atoms with Crippen molar-refractivity contribution in [3.8, 4) is 17.3 Å². The Labute approximate surface area is 164 Å². The third-order valence-electron chi connectivity index (χ3n) is 4.18. The molecule has 5 heteroatoms. The first-order chi connectivity index (χ1) is 13.5. The Morgan fingerprint density at radius 2 is 1.93 bits per heavy atom. The lowest BCUT2D eigenvalue weighted by Crippen LogP contribution is -2.10. The van der Waals surface area contributed by atoms with E-state index in [2.05, 4.69) is 0 Å². The van der Waals surface area contributed by atoms with Crippen LogP contribution in [-0.4, -0.2) is 21.9 Å². The Morgan fingerprint density at radius 3 is 2.61 bits per heavy atom. The maximum atomic E-state index is 11.9. The van der Waals surface area contributed by atoms with Gasteiger partial charge in [0.25, 0.3) is 0 Å². The van der Waals surface area contributed by atoms with Crippen LogP contribution in [0.25, 0.3) is 17.3 Å². The molecule has 0 fully saturated rings. The average Bonchev–Trinajstić information content (AvgIpc) is 3.10. The number of nitriles is 1. The monoisotopic (exact) mass is 371 g/mol. The Balaban J connectivity index is 1.91. The molecule has 2 aromatic carbocycles. The number of carbonyl (C=O) groups excluding carboxylic acids is 1. The van der Waals surface area contributed by atoms with Gasteiger partial charge >= 0.3 is 5.97 Å². The van der Waals surface area contributed by atoms with Crippen LogP contribution in [0.5, 0.6) is 0 Å². The van der Waals surface area contributed by atoms with Gasteiger partial charge in [0.05, 0.1) is 12.2 Å². The number of esters is 1. The van der Waals surface area contributed by atoms with Gasteiger partial charge < -0.3 is 4.74 Å². The molecular weight excluding hydrogens is 350 g/mol. The molecule has 0 amide bonds. The summed E-state index contributed by atoms with van der Waals surface area (Å²) in [7, 11) is 0. The van der Waals surface area contributed by atoms with Gasteiger partial charge in [-0.2, -0.15) is 10.4 Å². The highest BCUT2D eigenvalue weighted by Gasteiger charge is 2.11. The highest BCUT2D eigenvalue weighted by Crippen LogP contribution is 2.24. The first-order valence-electron chi connectivity index (χ1n) is 9.02. The summed E-state index contributed by atoms with van der Waals surface area (Å²) >= 11 is 0. The summed E-state index contributed by atoms with van der Waals surface area (Å²) in [4.78, 5) is 11.9. The molecule has 0 unspecified atom stereocenters. The summed E-state index contributed by atoms with van der Waals surface area (Å²) in [5.41, 5.74) is 4.86. The van der Waals surface area contributed by atoms with Crippen molar-refractivity contribution < 1.29 is 9.53 Å². The highest BCUT2D eigenvalue weighted by atomic mass is 16.5. The number of hydrogen-bond acceptors (Lipinski definition) is 4. The van der Waals surface area contributed by atoms with Crippen LogP contribution in [0.3, 0.4) is 0 Å². The highest BCUT2D eigenvalue weighted by molar-refractivity contribution is 5.88. The normalized spacial score (nSPS) is 11.9. The lowest BCUT2D eigenvalue weighted by Gasteiger charge is -2.02. The maximum Gasteiger partial charge on any atom is 0.332 e. The molecule has 0 aliphatic heterocycles. The van der Waals surface area contributed by atoms with Crippen LogP contribution < -0.4 is 0 Å². The van der Waals surface area contributed by atoms with E-state index < -0.39 is 12.1 Å². The van der Waals surface area contributed by atoms with Gasteiger partial charge in [-0.25, -0.2) is 4.79 Å². The molecule has 1 atom stereocenters. The molecule has 0 bridgehead atoms. The van der Waals surface area contributed by atoms with E-state index in [1.54, 1.807) is 6.08 Å². The first kappa shape index (κ1) is 19.1. The number of benzene rings is 2. The van der Waals surface area contributed by atoms with Crippen molar-refractivity contribution >= 4 is 12.0 Å². The van der Waals surface area contributed by atoms with Gasteiger partial charge in [0.15, 0.2) is 6.10 Å². The molecule has 0 aliphatic carbocycles. The van der Waals surface area contributed by atoms with Crippen LogP contribution in [0.15, 0.2) is 66.9 Å². The zero-order chi connectivity index (χ0) is 19.9. The molecule has 0 saturated heterocycles. The Bertz CT molecular complexity index is 1010. The van der Waals surface area contributed by atoms with Crippen molar-refractivity contribution in [2.75, 3.05) is 0 Å². The van der Waals surface area contributed by atoms with Crippen LogP contribution in [0.4, 0.5) is 0 Å². The summed E-state index contributed by atoms with van der Waals surface area (Å²) in [5, 5.41) is 13.5. The van der Waals surface area contributed by atoms with Gasteiger partial charge in [-0.05, 0) is 25.5 Å². The van der Waals surface area contributed by atoms with E-state index in [9.17, 15) is 4.79 Å². The minimum Gasteiger partial charge on any atom is -0.444 e. The fourth-order valence-electron chi connectivity index (χ4n) is 2.74. The standard InChI is InChI=1S/C23H21N3O2/c1-17-8-10-20(11-9-17)23-21(12-13-22(27)28-18(2)14-24)16-26(25-23)15-19-6-4-3-5-7-19/h3-13,16,18H,15H2,1-2H3/b13-12+/t18-/m0/s1. The van der Waals surface area contributed by atoms with Crippen LogP contribution in [0.2, 0.25) is 0 Å². The lowest BCUT2D eigenvalue weighted by atomic mass is 10.1.